The average molecular weight is 287 g/mol. The van der Waals surface area contributed by atoms with E-state index in [9.17, 15) is 0 Å². The molecule has 0 aliphatic rings. The van der Waals surface area contributed by atoms with Crippen molar-refractivity contribution in [1.82, 2.24) is 0 Å². The fraction of sp³-hybridized carbons (Fsp3) is 1.00. The summed E-state index contributed by atoms with van der Waals surface area (Å²) in [5.74, 6) is 1.96. The Morgan fingerprint density at radius 2 is 0.842 bits per heavy atom. The first kappa shape index (κ1) is 19.4. The van der Waals surface area contributed by atoms with Crippen molar-refractivity contribution in [2.45, 2.75) is 104 Å². The Hall–Kier alpha value is 0.350. The van der Waals surface area contributed by atoms with Gasteiger partial charge in [-0.15, -0.1) is 0 Å². The van der Waals surface area contributed by atoms with Gasteiger partial charge in [0.2, 0.25) is 0 Å². The molecule has 0 saturated carbocycles. The van der Waals surface area contributed by atoms with E-state index in [0.29, 0.717) is 0 Å². The highest BCUT2D eigenvalue weighted by molar-refractivity contribution is 7.80. The van der Waals surface area contributed by atoms with Crippen LogP contribution in [0.1, 0.15) is 104 Å². The van der Waals surface area contributed by atoms with Crippen molar-refractivity contribution in [3.05, 3.63) is 0 Å². The minimum absolute atomic E-state index is 0.896. The lowest BCUT2D eigenvalue weighted by molar-refractivity contribution is 0.503. The van der Waals surface area contributed by atoms with Gasteiger partial charge < -0.3 is 0 Å². The fourth-order valence-corrected chi connectivity index (χ4v) is 2.83. The second kappa shape index (κ2) is 16.4. The molecule has 0 aliphatic carbocycles. The molecule has 0 nitrogen and oxygen atoms in total. The molecule has 0 fully saturated rings. The lowest BCUT2D eigenvalue weighted by Crippen LogP contribution is -1.87. The Morgan fingerprint density at radius 1 is 0.526 bits per heavy atom. The van der Waals surface area contributed by atoms with Gasteiger partial charge in [-0.25, -0.2) is 0 Å². The van der Waals surface area contributed by atoms with Gasteiger partial charge in [-0.3, -0.25) is 0 Å². The van der Waals surface area contributed by atoms with Crippen LogP contribution in [0.25, 0.3) is 0 Å². The predicted octanol–water partition coefficient (Wildman–Crippen LogP) is 7.03. The van der Waals surface area contributed by atoms with E-state index in [4.69, 9.17) is 0 Å². The van der Waals surface area contributed by atoms with Gasteiger partial charge in [-0.05, 0) is 18.1 Å². The zero-order valence-electron chi connectivity index (χ0n) is 13.6. The summed E-state index contributed by atoms with van der Waals surface area (Å²) in [5.41, 5.74) is 0. The van der Waals surface area contributed by atoms with Gasteiger partial charge in [0.15, 0.2) is 0 Å². The van der Waals surface area contributed by atoms with Crippen LogP contribution in [-0.4, -0.2) is 5.75 Å². The fourth-order valence-electron chi connectivity index (χ4n) is 2.61. The molecule has 0 N–H and O–H groups in total. The number of rotatable bonds is 15. The van der Waals surface area contributed by atoms with E-state index in [1.165, 1.54) is 89.9 Å². The van der Waals surface area contributed by atoms with Gasteiger partial charge in [0.25, 0.3) is 0 Å². The zero-order chi connectivity index (χ0) is 14.2. The first-order valence-corrected chi connectivity index (χ1v) is 9.51. The molecule has 0 amide bonds. The molecule has 0 aromatic carbocycles. The maximum Gasteiger partial charge on any atom is -0.00979 e. The minimum Gasteiger partial charge on any atom is -0.179 e. The van der Waals surface area contributed by atoms with Crippen LogP contribution in [-0.2, 0) is 0 Å². The highest BCUT2D eigenvalue weighted by Crippen LogP contribution is 2.14. The molecule has 0 atom stereocenters. The number of hydrogen-bond acceptors (Lipinski definition) is 1. The van der Waals surface area contributed by atoms with Gasteiger partial charge in [0.1, 0.15) is 0 Å². The average Bonchev–Trinajstić information content (AvgIpc) is 2.39. The Bertz CT molecular complexity index is 154. The van der Waals surface area contributed by atoms with Crippen molar-refractivity contribution < 1.29 is 0 Å². The van der Waals surface area contributed by atoms with Crippen molar-refractivity contribution in [1.29, 1.82) is 0 Å². The Labute approximate surface area is 128 Å². The Morgan fingerprint density at radius 3 is 1.16 bits per heavy atom. The maximum atomic E-state index is 4.24. The molecular weight excluding hydrogens is 248 g/mol. The third-order valence-electron chi connectivity index (χ3n) is 3.94. The lowest BCUT2D eigenvalue weighted by atomic mass is 10.0. The molecule has 0 aliphatic heterocycles. The predicted molar refractivity (Wildman–Crippen MR) is 93.3 cm³/mol. The summed E-state index contributed by atoms with van der Waals surface area (Å²) in [7, 11) is 0. The van der Waals surface area contributed by atoms with E-state index < -0.39 is 0 Å². The van der Waals surface area contributed by atoms with Crippen molar-refractivity contribution in [3.63, 3.8) is 0 Å². The van der Waals surface area contributed by atoms with Gasteiger partial charge in [0.05, 0.1) is 0 Å². The summed E-state index contributed by atoms with van der Waals surface area (Å²) in [5, 5.41) is 0. The molecular formula is C18H38S. The van der Waals surface area contributed by atoms with E-state index in [1.807, 2.05) is 0 Å². The van der Waals surface area contributed by atoms with Crippen LogP contribution in [0, 0.1) is 5.92 Å². The molecule has 0 bridgehead atoms. The SMILES string of the molecule is CC(C)CCCCCCCCCCCCCCCS. The summed E-state index contributed by atoms with van der Waals surface area (Å²) in [6.45, 7) is 4.66. The third-order valence-corrected chi connectivity index (χ3v) is 4.26. The topological polar surface area (TPSA) is 0 Å². The monoisotopic (exact) mass is 286 g/mol. The Kier molecular flexibility index (Phi) is 16.7. The summed E-state index contributed by atoms with van der Waals surface area (Å²) in [6, 6.07) is 0. The molecule has 0 heterocycles. The van der Waals surface area contributed by atoms with Gasteiger partial charge >= 0.3 is 0 Å². The molecule has 0 aromatic heterocycles. The van der Waals surface area contributed by atoms with E-state index in [2.05, 4.69) is 26.5 Å². The quantitative estimate of drug-likeness (QED) is 0.242. The summed E-state index contributed by atoms with van der Waals surface area (Å²) in [6.07, 6.45) is 20.2. The number of unbranched alkanes of at least 4 members (excludes halogenated alkanes) is 12. The van der Waals surface area contributed by atoms with Crippen LogP contribution >= 0.6 is 12.6 Å². The van der Waals surface area contributed by atoms with E-state index in [0.717, 1.165) is 11.7 Å². The molecule has 0 aromatic rings. The largest absolute Gasteiger partial charge is 0.179 e. The molecule has 0 unspecified atom stereocenters. The Balaban J connectivity index is 2.91. The van der Waals surface area contributed by atoms with Crippen molar-refractivity contribution >= 4 is 12.6 Å². The van der Waals surface area contributed by atoms with Crippen molar-refractivity contribution in [2.75, 3.05) is 5.75 Å². The van der Waals surface area contributed by atoms with Gasteiger partial charge in [0, 0.05) is 0 Å². The van der Waals surface area contributed by atoms with Gasteiger partial charge in [-0.2, -0.15) is 12.6 Å². The smallest absolute Gasteiger partial charge is 0.00979 e. The first-order valence-electron chi connectivity index (χ1n) is 8.88. The molecule has 0 saturated heterocycles. The van der Waals surface area contributed by atoms with Crippen LogP contribution in [0.2, 0.25) is 0 Å². The summed E-state index contributed by atoms with van der Waals surface area (Å²) in [4.78, 5) is 0. The summed E-state index contributed by atoms with van der Waals surface area (Å²) >= 11 is 4.24. The van der Waals surface area contributed by atoms with Crippen molar-refractivity contribution in [3.8, 4) is 0 Å². The van der Waals surface area contributed by atoms with Crippen LogP contribution < -0.4 is 0 Å². The minimum atomic E-state index is 0.896. The van der Waals surface area contributed by atoms with E-state index in [-0.39, 0.29) is 0 Å². The van der Waals surface area contributed by atoms with Crippen LogP contribution in [0.3, 0.4) is 0 Å². The third kappa shape index (κ3) is 18.4. The molecule has 116 valence electrons. The molecule has 19 heavy (non-hydrogen) atoms. The van der Waals surface area contributed by atoms with Crippen LogP contribution in [0.15, 0.2) is 0 Å². The zero-order valence-corrected chi connectivity index (χ0v) is 14.5. The van der Waals surface area contributed by atoms with E-state index >= 15 is 0 Å². The van der Waals surface area contributed by atoms with E-state index in [1.54, 1.807) is 0 Å². The lowest BCUT2D eigenvalue weighted by Gasteiger charge is -2.04. The second-order valence-corrected chi connectivity index (χ2v) is 6.95. The normalized spacial score (nSPS) is 11.4. The van der Waals surface area contributed by atoms with Crippen LogP contribution in [0.5, 0.6) is 0 Å². The second-order valence-electron chi connectivity index (χ2n) is 6.50. The highest BCUT2D eigenvalue weighted by Gasteiger charge is 1.95. The molecule has 0 radical (unpaired) electrons. The maximum absolute atomic E-state index is 4.24. The van der Waals surface area contributed by atoms with Gasteiger partial charge in [-0.1, -0.05) is 97.3 Å². The van der Waals surface area contributed by atoms with Crippen LogP contribution in [0.4, 0.5) is 0 Å². The standard InChI is InChI=1S/C18H38S/c1-18(2)16-14-12-10-8-6-4-3-5-7-9-11-13-15-17-19/h18-19H,3-17H2,1-2H3. The highest BCUT2D eigenvalue weighted by atomic mass is 32.1. The number of thiol groups is 1. The van der Waals surface area contributed by atoms with Crippen molar-refractivity contribution in [2.24, 2.45) is 5.92 Å². The first-order chi connectivity index (χ1) is 9.27. The number of hydrogen-bond donors (Lipinski definition) is 1. The summed E-state index contributed by atoms with van der Waals surface area (Å²) < 4.78 is 0. The molecule has 0 rings (SSSR count). The molecule has 0 spiro atoms. The molecule has 1 heteroatoms.